The fraction of sp³-hybridized carbons (Fsp3) is 0.240. The Morgan fingerprint density at radius 1 is 1.18 bits per heavy atom. The van der Waals surface area contributed by atoms with Crippen LogP contribution in [0.5, 0.6) is 0 Å². The molecule has 1 amide bonds. The number of carbonyl (C=O) groups excluding carboxylic acids is 1. The van der Waals surface area contributed by atoms with Crippen molar-refractivity contribution >= 4 is 60.8 Å². The van der Waals surface area contributed by atoms with Crippen molar-refractivity contribution in [3.63, 3.8) is 0 Å². The van der Waals surface area contributed by atoms with Crippen molar-refractivity contribution in [2.75, 3.05) is 11.1 Å². The summed E-state index contributed by atoms with van der Waals surface area (Å²) in [4.78, 5) is 33.1. The van der Waals surface area contributed by atoms with Crippen LogP contribution in [-0.2, 0) is 11.2 Å². The zero-order valence-corrected chi connectivity index (χ0v) is 21.9. The summed E-state index contributed by atoms with van der Waals surface area (Å²) in [5, 5.41) is 4.09. The number of nitrogens with zero attached hydrogens (tertiary/aromatic N) is 2. The maximum absolute atomic E-state index is 13.7. The number of thiophene rings is 1. The molecule has 0 fully saturated rings. The third kappa shape index (κ3) is 5.23. The SMILES string of the molecule is CCCc1sc2nc(SCC(=O)Nc3ccc(Br)cc3)n(-c3cccc(C)c3)c(=O)c2c1C. The highest BCUT2D eigenvalue weighted by Gasteiger charge is 2.20. The second-order valence-corrected chi connectivity index (χ2v) is 10.7. The van der Waals surface area contributed by atoms with Gasteiger partial charge in [-0.2, -0.15) is 0 Å². The molecule has 5 nitrogen and oxygen atoms in total. The van der Waals surface area contributed by atoms with Crippen LogP contribution in [0.1, 0.15) is 29.3 Å². The minimum Gasteiger partial charge on any atom is -0.325 e. The smallest absolute Gasteiger partial charge is 0.267 e. The number of anilines is 1. The number of thioether (sulfide) groups is 1. The Bertz CT molecular complexity index is 1380. The van der Waals surface area contributed by atoms with Crippen LogP contribution in [0.4, 0.5) is 5.69 Å². The fourth-order valence-electron chi connectivity index (χ4n) is 3.63. The molecule has 0 atom stereocenters. The zero-order chi connectivity index (χ0) is 23.5. The number of nitrogens with one attached hydrogen (secondary N) is 1. The Labute approximate surface area is 209 Å². The normalized spacial score (nSPS) is 11.2. The van der Waals surface area contributed by atoms with Gasteiger partial charge >= 0.3 is 0 Å². The van der Waals surface area contributed by atoms with Crippen LogP contribution in [-0.4, -0.2) is 21.2 Å². The van der Waals surface area contributed by atoms with Crippen LogP contribution >= 0.6 is 39.0 Å². The first-order chi connectivity index (χ1) is 15.9. The summed E-state index contributed by atoms with van der Waals surface area (Å²) >= 11 is 6.25. The van der Waals surface area contributed by atoms with Gasteiger partial charge in [0.15, 0.2) is 5.16 Å². The number of amides is 1. The minimum atomic E-state index is -0.151. The number of halogens is 1. The number of hydrogen-bond acceptors (Lipinski definition) is 5. The van der Waals surface area contributed by atoms with Crippen LogP contribution in [0.25, 0.3) is 15.9 Å². The van der Waals surface area contributed by atoms with Crippen LogP contribution < -0.4 is 10.9 Å². The van der Waals surface area contributed by atoms with Crippen molar-refractivity contribution < 1.29 is 4.79 Å². The highest BCUT2D eigenvalue weighted by atomic mass is 79.9. The summed E-state index contributed by atoms with van der Waals surface area (Å²) < 4.78 is 2.59. The summed E-state index contributed by atoms with van der Waals surface area (Å²) in [5.74, 6) is -0.00655. The first-order valence-corrected chi connectivity index (χ1v) is 13.3. The molecule has 2 aromatic heterocycles. The highest BCUT2D eigenvalue weighted by Crippen LogP contribution is 2.31. The second kappa shape index (κ2) is 10.2. The van der Waals surface area contributed by atoms with E-state index in [-0.39, 0.29) is 17.2 Å². The first-order valence-electron chi connectivity index (χ1n) is 10.7. The summed E-state index contributed by atoms with van der Waals surface area (Å²) in [5.41, 5.74) is 3.46. The number of aromatic nitrogens is 2. The van der Waals surface area contributed by atoms with E-state index in [9.17, 15) is 9.59 Å². The molecule has 8 heteroatoms. The molecule has 0 radical (unpaired) electrons. The van der Waals surface area contributed by atoms with Gasteiger partial charge in [-0.25, -0.2) is 4.98 Å². The van der Waals surface area contributed by atoms with Crippen LogP contribution in [0, 0.1) is 13.8 Å². The van der Waals surface area contributed by atoms with Gasteiger partial charge in [0.25, 0.3) is 5.56 Å². The number of rotatable bonds is 7. The summed E-state index contributed by atoms with van der Waals surface area (Å²) in [6.07, 6.45) is 1.94. The quantitative estimate of drug-likeness (QED) is 0.214. The molecular formula is C25H24BrN3O2S2. The van der Waals surface area contributed by atoms with Gasteiger partial charge in [-0.15, -0.1) is 11.3 Å². The van der Waals surface area contributed by atoms with E-state index in [4.69, 9.17) is 4.98 Å². The molecule has 33 heavy (non-hydrogen) atoms. The lowest BCUT2D eigenvalue weighted by atomic mass is 10.1. The van der Waals surface area contributed by atoms with Gasteiger partial charge in [0.05, 0.1) is 16.8 Å². The van der Waals surface area contributed by atoms with Crippen molar-refractivity contribution in [1.29, 1.82) is 0 Å². The van der Waals surface area contributed by atoms with E-state index < -0.39 is 0 Å². The molecule has 0 aliphatic heterocycles. The van der Waals surface area contributed by atoms with Crippen LogP contribution in [0.3, 0.4) is 0 Å². The first kappa shape index (κ1) is 23.7. The molecule has 0 unspecified atom stereocenters. The van der Waals surface area contributed by atoms with Gasteiger partial charge in [-0.3, -0.25) is 14.2 Å². The minimum absolute atomic E-state index is 0.0856. The Balaban J connectivity index is 1.72. The predicted molar refractivity (Wildman–Crippen MR) is 142 cm³/mol. The number of benzene rings is 2. The van der Waals surface area contributed by atoms with E-state index in [1.165, 1.54) is 16.6 Å². The molecule has 0 saturated carbocycles. The molecule has 0 spiro atoms. The Morgan fingerprint density at radius 3 is 2.64 bits per heavy atom. The summed E-state index contributed by atoms with van der Waals surface area (Å²) in [6, 6.07) is 15.2. The lowest BCUT2D eigenvalue weighted by molar-refractivity contribution is -0.113. The molecule has 170 valence electrons. The molecule has 2 heterocycles. The van der Waals surface area contributed by atoms with E-state index in [2.05, 4.69) is 28.2 Å². The van der Waals surface area contributed by atoms with Gasteiger partial charge in [-0.1, -0.05) is 53.2 Å². The zero-order valence-electron chi connectivity index (χ0n) is 18.6. The molecule has 0 bridgehead atoms. The van der Waals surface area contributed by atoms with Crippen LogP contribution in [0.2, 0.25) is 0 Å². The van der Waals surface area contributed by atoms with E-state index >= 15 is 0 Å². The maximum Gasteiger partial charge on any atom is 0.267 e. The van der Waals surface area contributed by atoms with E-state index in [1.807, 2.05) is 62.4 Å². The molecule has 0 saturated heterocycles. The topological polar surface area (TPSA) is 64.0 Å². The molecule has 4 rings (SSSR count). The largest absolute Gasteiger partial charge is 0.325 e. The predicted octanol–water partition coefficient (Wildman–Crippen LogP) is 6.51. The van der Waals surface area contributed by atoms with Crippen LogP contribution in [0.15, 0.2) is 63.0 Å². The molecule has 0 aliphatic carbocycles. The van der Waals surface area contributed by atoms with Crippen molar-refractivity contribution in [2.45, 2.75) is 38.8 Å². The molecule has 1 N–H and O–H groups in total. The molecular weight excluding hydrogens is 518 g/mol. The molecule has 4 aromatic rings. The van der Waals surface area contributed by atoms with Gasteiger partial charge in [0.1, 0.15) is 4.83 Å². The number of carbonyl (C=O) groups is 1. The van der Waals surface area contributed by atoms with Gasteiger partial charge in [-0.05, 0) is 67.8 Å². The van der Waals surface area contributed by atoms with Crippen molar-refractivity contribution in [3.8, 4) is 5.69 Å². The monoisotopic (exact) mass is 541 g/mol. The van der Waals surface area contributed by atoms with Crippen molar-refractivity contribution in [2.24, 2.45) is 0 Å². The lowest BCUT2D eigenvalue weighted by Gasteiger charge is -2.13. The average Bonchev–Trinajstić information content (AvgIpc) is 3.09. The fourth-order valence-corrected chi connectivity index (χ4v) is 6.02. The highest BCUT2D eigenvalue weighted by molar-refractivity contribution is 9.10. The second-order valence-electron chi connectivity index (χ2n) is 7.80. The molecule has 0 aliphatic rings. The van der Waals surface area contributed by atoms with E-state index in [1.54, 1.807) is 15.9 Å². The third-order valence-electron chi connectivity index (χ3n) is 5.23. The van der Waals surface area contributed by atoms with Crippen molar-refractivity contribution in [1.82, 2.24) is 9.55 Å². The Kier molecular flexibility index (Phi) is 7.36. The third-order valence-corrected chi connectivity index (χ3v) is 7.94. The summed E-state index contributed by atoms with van der Waals surface area (Å²) in [6.45, 7) is 6.13. The number of hydrogen-bond donors (Lipinski definition) is 1. The Hall–Kier alpha value is -2.42. The van der Waals surface area contributed by atoms with Crippen molar-refractivity contribution in [3.05, 3.63) is 79.4 Å². The van der Waals surface area contributed by atoms with E-state index in [0.717, 1.165) is 44.6 Å². The van der Waals surface area contributed by atoms with Gasteiger partial charge < -0.3 is 5.32 Å². The standard InChI is InChI=1S/C25H24BrN3O2S2/c1-4-6-20-16(3)22-23(33-20)28-25(29(24(22)31)19-8-5-7-15(2)13-19)32-14-21(30)27-18-11-9-17(26)10-12-18/h5,7-13H,4,6,14H2,1-3H3,(H,27,30). The number of aryl methyl sites for hydroxylation is 3. The van der Waals surface area contributed by atoms with E-state index in [0.29, 0.717) is 10.5 Å². The van der Waals surface area contributed by atoms with Gasteiger partial charge in [0, 0.05) is 15.0 Å². The average molecular weight is 543 g/mol. The number of fused-ring (bicyclic) bond motifs is 1. The lowest BCUT2D eigenvalue weighted by Crippen LogP contribution is -2.23. The summed E-state index contributed by atoms with van der Waals surface area (Å²) in [7, 11) is 0. The maximum atomic E-state index is 13.7. The Morgan fingerprint density at radius 2 is 1.94 bits per heavy atom. The molecule has 2 aromatic carbocycles. The van der Waals surface area contributed by atoms with Gasteiger partial charge in [0.2, 0.25) is 5.91 Å².